The van der Waals surface area contributed by atoms with Crippen LogP contribution in [0.25, 0.3) is 11.3 Å². The predicted molar refractivity (Wildman–Crippen MR) is 58.1 cm³/mol. The molecule has 0 aromatic carbocycles. The second kappa shape index (κ2) is 3.66. The van der Waals surface area contributed by atoms with Crippen molar-refractivity contribution in [1.29, 1.82) is 0 Å². The molecule has 0 fully saturated rings. The molecule has 0 atom stereocenters. The lowest BCUT2D eigenvalue weighted by molar-refractivity contribution is 0.858. The molecule has 0 saturated carbocycles. The van der Waals surface area contributed by atoms with Crippen LogP contribution < -0.4 is 0 Å². The first-order valence-corrected chi connectivity index (χ1v) is 4.86. The first kappa shape index (κ1) is 9.00. The molecule has 0 radical (unpaired) electrons. The molecule has 2 aromatic rings. The van der Waals surface area contributed by atoms with E-state index in [-0.39, 0.29) is 0 Å². The smallest absolute Gasteiger partial charge is 0.0469 e. The highest BCUT2D eigenvalue weighted by Gasteiger charge is 2.02. The van der Waals surface area contributed by atoms with Crippen molar-refractivity contribution in [3.8, 4) is 11.3 Å². The van der Waals surface area contributed by atoms with Crippen molar-refractivity contribution in [3.63, 3.8) is 0 Å². The molecule has 2 aromatic heterocycles. The number of nitrogens with zero attached hydrogens (tertiary/aromatic N) is 1. The van der Waals surface area contributed by atoms with Gasteiger partial charge in [0.05, 0.1) is 0 Å². The van der Waals surface area contributed by atoms with Crippen molar-refractivity contribution < 1.29 is 0 Å². The lowest BCUT2D eigenvalue weighted by atomic mass is 10.0. The van der Waals surface area contributed by atoms with Crippen molar-refractivity contribution in [3.05, 3.63) is 42.4 Å². The second-order valence-corrected chi connectivity index (χ2v) is 3.75. The molecule has 72 valence electrons. The summed E-state index contributed by atoms with van der Waals surface area (Å²) in [7, 11) is 0. The maximum Gasteiger partial charge on any atom is 0.0469 e. The fourth-order valence-corrected chi connectivity index (χ4v) is 1.43. The van der Waals surface area contributed by atoms with Crippen LogP contribution in [-0.4, -0.2) is 9.97 Å². The lowest BCUT2D eigenvalue weighted by Gasteiger charge is -2.05. The number of aromatic amines is 1. The minimum Gasteiger partial charge on any atom is -0.361 e. The van der Waals surface area contributed by atoms with E-state index in [9.17, 15) is 0 Å². The Labute approximate surface area is 84.0 Å². The van der Waals surface area contributed by atoms with Crippen molar-refractivity contribution in [1.82, 2.24) is 9.97 Å². The largest absolute Gasteiger partial charge is 0.361 e. The topological polar surface area (TPSA) is 28.7 Å². The molecule has 0 spiro atoms. The van der Waals surface area contributed by atoms with E-state index in [1.165, 1.54) is 5.56 Å². The second-order valence-electron chi connectivity index (χ2n) is 3.75. The van der Waals surface area contributed by atoms with Crippen LogP contribution in [-0.2, 0) is 0 Å². The zero-order valence-electron chi connectivity index (χ0n) is 8.49. The molecule has 2 nitrogen and oxygen atoms in total. The summed E-state index contributed by atoms with van der Waals surface area (Å²) >= 11 is 0. The molecule has 2 rings (SSSR count). The predicted octanol–water partition coefficient (Wildman–Crippen LogP) is 3.20. The molecule has 0 bridgehead atoms. The zero-order chi connectivity index (χ0) is 9.97. The molecule has 0 aliphatic heterocycles. The van der Waals surface area contributed by atoms with Crippen LogP contribution in [0.15, 0.2) is 36.8 Å². The van der Waals surface area contributed by atoms with Gasteiger partial charge >= 0.3 is 0 Å². The average molecular weight is 186 g/mol. The highest BCUT2D eigenvalue weighted by molar-refractivity contribution is 5.58. The van der Waals surface area contributed by atoms with E-state index >= 15 is 0 Å². The van der Waals surface area contributed by atoms with E-state index in [1.54, 1.807) is 0 Å². The summed E-state index contributed by atoms with van der Waals surface area (Å²) in [5.41, 5.74) is 3.55. The molecule has 0 amide bonds. The summed E-state index contributed by atoms with van der Waals surface area (Å²) in [4.78, 5) is 7.42. The van der Waals surface area contributed by atoms with Gasteiger partial charge in [0.15, 0.2) is 0 Å². The van der Waals surface area contributed by atoms with Gasteiger partial charge in [0.25, 0.3) is 0 Å². The van der Waals surface area contributed by atoms with Gasteiger partial charge in [0.2, 0.25) is 0 Å². The molecule has 0 saturated heterocycles. The van der Waals surface area contributed by atoms with Gasteiger partial charge in [-0.05, 0) is 29.7 Å². The summed E-state index contributed by atoms with van der Waals surface area (Å²) in [6.07, 6.45) is 5.74. The van der Waals surface area contributed by atoms with E-state index < -0.39 is 0 Å². The van der Waals surface area contributed by atoms with E-state index in [4.69, 9.17) is 0 Å². The third-order valence-corrected chi connectivity index (χ3v) is 2.34. The number of nitrogens with one attached hydrogen (secondary N) is 1. The molecule has 2 heteroatoms. The Bertz CT molecular complexity index is 402. The molecule has 0 aliphatic carbocycles. The maximum absolute atomic E-state index is 4.24. The van der Waals surface area contributed by atoms with Crippen LogP contribution >= 0.6 is 0 Å². The molecule has 1 N–H and O–H groups in total. The first-order chi connectivity index (χ1) is 6.77. The van der Waals surface area contributed by atoms with E-state index in [1.807, 2.05) is 24.7 Å². The average Bonchev–Trinajstić information content (AvgIpc) is 2.71. The standard InChI is InChI=1S/C12H14N2/c1-9(2)10-6-11(8-13-7-10)12-4-3-5-14-12/h3-9,14H,1-2H3. The minimum atomic E-state index is 0.525. The SMILES string of the molecule is CC(C)c1cncc(-c2ccc[nH]2)c1. The molecule has 0 unspecified atom stereocenters. The van der Waals surface area contributed by atoms with Gasteiger partial charge in [-0.2, -0.15) is 0 Å². The quantitative estimate of drug-likeness (QED) is 0.766. The number of hydrogen-bond acceptors (Lipinski definition) is 1. The summed E-state index contributed by atoms with van der Waals surface area (Å²) < 4.78 is 0. The molecule has 14 heavy (non-hydrogen) atoms. The Hall–Kier alpha value is -1.57. The maximum atomic E-state index is 4.24. The highest BCUT2D eigenvalue weighted by atomic mass is 14.7. The van der Waals surface area contributed by atoms with Crippen LogP contribution in [0.5, 0.6) is 0 Å². The normalized spacial score (nSPS) is 10.8. The number of pyridine rings is 1. The van der Waals surface area contributed by atoms with Crippen LogP contribution in [0.2, 0.25) is 0 Å². The summed E-state index contributed by atoms with van der Waals surface area (Å²) in [5, 5.41) is 0. The lowest BCUT2D eigenvalue weighted by Crippen LogP contribution is -1.89. The fourth-order valence-electron chi connectivity index (χ4n) is 1.43. The van der Waals surface area contributed by atoms with Gasteiger partial charge in [-0.15, -0.1) is 0 Å². The highest BCUT2D eigenvalue weighted by Crippen LogP contribution is 2.20. The first-order valence-electron chi connectivity index (χ1n) is 4.86. The summed E-state index contributed by atoms with van der Waals surface area (Å²) in [6, 6.07) is 6.24. The monoisotopic (exact) mass is 186 g/mol. The van der Waals surface area contributed by atoms with E-state index in [0.717, 1.165) is 11.3 Å². The van der Waals surface area contributed by atoms with E-state index in [0.29, 0.717) is 5.92 Å². The van der Waals surface area contributed by atoms with Gasteiger partial charge in [-0.3, -0.25) is 4.98 Å². The Balaban J connectivity index is 2.41. The van der Waals surface area contributed by atoms with Gasteiger partial charge in [-0.25, -0.2) is 0 Å². The van der Waals surface area contributed by atoms with E-state index in [2.05, 4.69) is 35.9 Å². The van der Waals surface area contributed by atoms with Crippen molar-refractivity contribution in [2.45, 2.75) is 19.8 Å². The Morgan fingerprint density at radius 3 is 2.79 bits per heavy atom. The molecular formula is C12H14N2. The Morgan fingerprint density at radius 2 is 2.14 bits per heavy atom. The number of aromatic nitrogens is 2. The van der Waals surface area contributed by atoms with Crippen molar-refractivity contribution >= 4 is 0 Å². The number of H-pyrrole nitrogens is 1. The minimum absolute atomic E-state index is 0.525. The van der Waals surface area contributed by atoms with Gasteiger partial charge in [0, 0.05) is 29.8 Å². The van der Waals surface area contributed by atoms with Crippen LogP contribution in [0.3, 0.4) is 0 Å². The van der Waals surface area contributed by atoms with Gasteiger partial charge < -0.3 is 4.98 Å². The Kier molecular flexibility index (Phi) is 2.35. The molecular weight excluding hydrogens is 172 g/mol. The zero-order valence-corrected chi connectivity index (χ0v) is 8.49. The fraction of sp³-hybridized carbons (Fsp3) is 0.250. The number of hydrogen-bond donors (Lipinski definition) is 1. The molecule has 0 aliphatic rings. The van der Waals surface area contributed by atoms with Crippen LogP contribution in [0, 0.1) is 0 Å². The van der Waals surface area contributed by atoms with Gasteiger partial charge in [-0.1, -0.05) is 13.8 Å². The number of rotatable bonds is 2. The van der Waals surface area contributed by atoms with Crippen molar-refractivity contribution in [2.24, 2.45) is 0 Å². The summed E-state index contributed by atoms with van der Waals surface area (Å²) in [5.74, 6) is 0.525. The summed E-state index contributed by atoms with van der Waals surface area (Å²) in [6.45, 7) is 4.35. The molecule has 2 heterocycles. The third-order valence-electron chi connectivity index (χ3n) is 2.34. The third kappa shape index (κ3) is 1.69. The van der Waals surface area contributed by atoms with Crippen molar-refractivity contribution in [2.75, 3.05) is 0 Å². The van der Waals surface area contributed by atoms with Crippen LogP contribution in [0.4, 0.5) is 0 Å². The van der Waals surface area contributed by atoms with Gasteiger partial charge in [0.1, 0.15) is 0 Å². The van der Waals surface area contributed by atoms with Crippen LogP contribution in [0.1, 0.15) is 25.3 Å². The Morgan fingerprint density at radius 1 is 1.29 bits per heavy atom.